The van der Waals surface area contributed by atoms with E-state index in [0.29, 0.717) is 12.0 Å². The summed E-state index contributed by atoms with van der Waals surface area (Å²) in [4.78, 5) is 9.91. The van der Waals surface area contributed by atoms with Crippen LogP contribution < -0.4 is 5.73 Å². The predicted molar refractivity (Wildman–Crippen MR) is 53.6 cm³/mol. The van der Waals surface area contributed by atoms with Crippen molar-refractivity contribution in [1.82, 2.24) is 0 Å². The van der Waals surface area contributed by atoms with Gasteiger partial charge in [-0.1, -0.05) is 18.5 Å². The summed E-state index contributed by atoms with van der Waals surface area (Å²) in [6.45, 7) is 1.73. The van der Waals surface area contributed by atoms with E-state index in [1.807, 2.05) is 0 Å². The molecule has 0 unspecified atom stereocenters. The molecule has 0 saturated carbocycles. The minimum Gasteiger partial charge on any atom is -0.506 e. The summed E-state index contributed by atoms with van der Waals surface area (Å²) in [6.07, 6.45) is 0.388. The van der Waals surface area contributed by atoms with Gasteiger partial charge in [0.05, 0.1) is 9.95 Å². The third-order valence-electron chi connectivity index (χ3n) is 1.93. The van der Waals surface area contributed by atoms with Gasteiger partial charge in [0.15, 0.2) is 0 Å². The maximum absolute atomic E-state index is 10.5. The number of aromatic hydroxyl groups is 1. The Kier molecular flexibility index (Phi) is 2.81. The zero-order valence-corrected chi connectivity index (χ0v) is 8.21. The highest BCUT2D eigenvalue weighted by molar-refractivity contribution is 6.32. The van der Waals surface area contributed by atoms with Gasteiger partial charge in [-0.15, -0.1) is 0 Å². The monoisotopic (exact) mass is 216 g/mol. The number of rotatable bonds is 2. The highest BCUT2D eigenvalue weighted by Crippen LogP contribution is 2.38. The van der Waals surface area contributed by atoms with Gasteiger partial charge in [0.25, 0.3) is 5.69 Å². The van der Waals surface area contributed by atoms with Crippen molar-refractivity contribution in [2.75, 3.05) is 5.73 Å². The molecule has 6 heteroatoms. The van der Waals surface area contributed by atoms with E-state index in [4.69, 9.17) is 17.3 Å². The number of nitro groups is 1. The van der Waals surface area contributed by atoms with Crippen LogP contribution in [-0.2, 0) is 6.42 Å². The molecule has 14 heavy (non-hydrogen) atoms. The number of nitrogens with zero attached hydrogens (tertiary/aromatic N) is 1. The Bertz CT molecular complexity index is 393. The molecule has 1 rings (SSSR count). The van der Waals surface area contributed by atoms with Gasteiger partial charge >= 0.3 is 0 Å². The van der Waals surface area contributed by atoms with Gasteiger partial charge in [0.1, 0.15) is 11.4 Å². The van der Waals surface area contributed by atoms with Crippen molar-refractivity contribution >= 4 is 23.0 Å². The molecular formula is C8H9ClN2O3. The average molecular weight is 217 g/mol. The number of nitro benzene ring substituents is 1. The first kappa shape index (κ1) is 10.6. The van der Waals surface area contributed by atoms with Crippen LogP contribution in [-0.4, -0.2) is 10.0 Å². The molecule has 0 aliphatic heterocycles. The topological polar surface area (TPSA) is 89.4 Å². The summed E-state index contributed by atoms with van der Waals surface area (Å²) < 4.78 is 0. The number of hydrogen-bond acceptors (Lipinski definition) is 4. The van der Waals surface area contributed by atoms with Crippen molar-refractivity contribution in [3.05, 3.63) is 26.8 Å². The van der Waals surface area contributed by atoms with E-state index in [0.717, 1.165) is 6.07 Å². The number of phenolic OH excluding ortho intramolecular Hbond substituents is 1. The van der Waals surface area contributed by atoms with Crippen molar-refractivity contribution in [2.24, 2.45) is 0 Å². The van der Waals surface area contributed by atoms with Crippen LogP contribution in [0.2, 0.25) is 5.02 Å². The molecule has 0 aromatic heterocycles. The molecule has 0 aliphatic rings. The van der Waals surface area contributed by atoms with Crippen LogP contribution in [0.4, 0.5) is 11.4 Å². The Morgan fingerprint density at radius 1 is 1.71 bits per heavy atom. The molecule has 5 nitrogen and oxygen atoms in total. The molecule has 0 bridgehead atoms. The summed E-state index contributed by atoms with van der Waals surface area (Å²) >= 11 is 5.60. The van der Waals surface area contributed by atoms with Crippen LogP contribution in [0.5, 0.6) is 5.75 Å². The van der Waals surface area contributed by atoms with E-state index in [2.05, 4.69) is 0 Å². The standard InChI is InChI=1S/C8H9ClN2O3/c1-2-4-7(10)6(11(13)14)3-5(9)8(4)12/h3,12H,2,10H2,1H3. The number of nitrogens with two attached hydrogens (primary N) is 1. The molecular weight excluding hydrogens is 208 g/mol. The minimum absolute atomic E-state index is 0.0283. The highest BCUT2D eigenvalue weighted by atomic mass is 35.5. The summed E-state index contributed by atoms with van der Waals surface area (Å²) in [5.41, 5.74) is 5.51. The summed E-state index contributed by atoms with van der Waals surface area (Å²) in [6, 6.07) is 1.05. The lowest BCUT2D eigenvalue weighted by Crippen LogP contribution is -2.00. The van der Waals surface area contributed by atoms with Crippen molar-refractivity contribution in [1.29, 1.82) is 0 Å². The third kappa shape index (κ3) is 1.58. The van der Waals surface area contributed by atoms with E-state index >= 15 is 0 Å². The van der Waals surface area contributed by atoms with Crippen molar-refractivity contribution in [3.63, 3.8) is 0 Å². The number of benzene rings is 1. The molecule has 0 amide bonds. The molecule has 1 aromatic rings. The second-order valence-electron chi connectivity index (χ2n) is 2.73. The molecule has 3 N–H and O–H groups in total. The molecule has 0 radical (unpaired) electrons. The molecule has 1 aromatic carbocycles. The van der Waals surface area contributed by atoms with Gasteiger partial charge in [-0.2, -0.15) is 0 Å². The second kappa shape index (κ2) is 3.71. The zero-order valence-electron chi connectivity index (χ0n) is 7.45. The first-order valence-corrected chi connectivity index (χ1v) is 4.31. The van der Waals surface area contributed by atoms with Gasteiger partial charge in [0, 0.05) is 11.6 Å². The van der Waals surface area contributed by atoms with E-state index in [9.17, 15) is 15.2 Å². The van der Waals surface area contributed by atoms with Crippen LogP contribution in [0, 0.1) is 10.1 Å². The van der Waals surface area contributed by atoms with E-state index in [1.165, 1.54) is 0 Å². The second-order valence-corrected chi connectivity index (χ2v) is 3.14. The number of anilines is 1. The molecule has 0 spiro atoms. The van der Waals surface area contributed by atoms with Crippen LogP contribution in [0.25, 0.3) is 0 Å². The normalized spacial score (nSPS) is 10.1. The quantitative estimate of drug-likeness (QED) is 0.450. The Morgan fingerprint density at radius 2 is 2.29 bits per heavy atom. The van der Waals surface area contributed by atoms with Crippen molar-refractivity contribution in [2.45, 2.75) is 13.3 Å². The van der Waals surface area contributed by atoms with E-state index < -0.39 is 4.92 Å². The smallest absolute Gasteiger partial charge is 0.294 e. The van der Waals surface area contributed by atoms with Gasteiger partial charge < -0.3 is 10.8 Å². The number of phenols is 1. The number of nitrogen functional groups attached to an aromatic ring is 1. The maximum Gasteiger partial charge on any atom is 0.294 e. The first-order valence-electron chi connectivity index (χ1n) is 3.93. The SMILES string of the molecule is CCc1c(N)c([N+](=O)[O-])cc(Cl)c1O. The Morgan fingerprint density at radius 3 is 2.71 bits per heavy atom. The summed E-state index contributed by atoms with van der Waals surface area (Å²) in [7, 11) is 0. The van der Waals surface area contributed by atoms with Crippen LogP contribution in [0.15, 0.2) is 6.07 Å². The molecule has 0 atom stereocenters. The minimum atomic E-state index is -0.625. The lowest BCUT2D eigenvalue weighted by Gasteiger charge is -2.07. The summed E-state index contributed by atoms with van der Waals surface area (Å²) in [5, 5.41) is 19.9. The lowest BCUT2D eigenvalue weighted by molar-refractivity contribution is -0.383. The van der Waals surface area contributed by atoms with Crippen LogP contribution in [0.3, 0.4) is 0 Å². The number of hydrogen-bond donors (Lipinski definition) is 2. The average Bonchev–Trinajstić information content (AvgIpc) is 2.12. The molecule has 0 saturated heterocycles. The van der Waals surface area contributed by atoms with Crippen LogP contribution >= 0.6 is 11.6 Å². The molecule has 0 heterocycles. The van der Waals surface area contributed by atoms with E-state index in [-0.39, 0.29) is 22.1 Å². The zero-order chi connectivity index (χ0) is 10.9. The van der Waals surface area contributed by atoms with E-state index in [1.54, 1.807) is 6.92 Å². The fraction of sp³-hybridized carbons (Fsp3) is 0.250. The Labute approximate surface area is 85.3 Å². The lowest BCUT2D eigenvalue weighted by atomic mass is 10.1. The van der Waals surface area contributed by atoms with Crippen LogP contribution in [0.1, 0.15) is 12.5 Å². The predicted octanol–water partition coefficient (Wildman–Crippen LogP) is 2.10. The molecule has 0 aliphatic carbocycles. The fourth-order valence-electron chi connectivity index (χ4n) is 1.20. The van der Waals surface area contributed by atoms with Gasteiger partial charge in [-0.05, 0) is 6.42 Å². The van der Waals surface area contributed by atoms with Gasteiger partial charge in [-0.25, -0.2) is 0 Å². The Balaban J connectivity index is 3.50. The van der Waals surface area contributed by atoms with Crippen molar-refractivity contribution < 1.29 is 10.0 Å². The first-order chi connectivity index (χ1) is 6.49. The fourth-order valence-corrected chi connectivity index (χ4v) is 1.42. The third-order valence-corrected chi connectivity index (χ3v) is 2.21. The van der Waals surface area contributed by atoms with Gasteiger partial charge in [-0.3, -0.25) is 10.1 Å². The molecule has 0 fully saturated rings. The van der Waals surface area contributed by atoms with Crippen molar-refractivity contribution in [3.8, 4) is 5.75 Å². The Hall–Kier alpha value is -1.49. The van der Waals surface area contributed by atoms with Gasteiger partial charge in [0.2, 0.25) is 0 Å². The maximum atomic E-state index is 10.5. The number of halogens is 1. The highest BCUT2D eigenvalue weighted by Gasteiger charge is 2.20. The molecule has 76 valence electrons. The largest absolute Gasteiger partial charge is 0.506 e. The summed E-state index contributed by atoms with van der Waals surface area (Å²) in [5.74, 6) is -0.183.